The van der Waals surface area contributed by atoms with Crippen molar-refractivity contribution >= 4 is 17.7 Å². The Balaban J connectivity index is 2.92. The number of ether oxygens (including phenoxy) is 2. The molecule has 1 aliphatic carbocycles. The molecule has 0 aromatic rings. The van der Waals surface area contributed by atoms with Crippen molar-refractivity contribution in [2.45, 2.75) is 32.6 Å². The standard InChI is InChI=1S/C15H22O5/c1-4-5-6-7-10-11(8-9-12(10)16)13(14(17)19-2)15(18)20-3/h5-6,10-11,13H,4,7-9H2,1-3H3. The molecule has 1 aliphatic rings. The van der Waals surface area contributed by atoms with E-state index in [1.807, 2.05) is 19.1 Å². The first-order chi connectivity index (χ1) is 9.56. The maximum absolute atomic E-state index is 12.0. The van der Waals surface area contributed by atoms with E-state index in [9.17, 15) is 14.4 Å². The lowest BCUT2D eigenvalue weighted by Gasteiger charge is -2.23. The predicted molar refractivity (Wildman–Crippen MR) is 72.8 cm³/mol. The van der Waals surface area contributed by atoms with E-state index in [1.165, 1.54) is 14.2 Å². The summed E-state index contributed by atoms with van der Waals surface area (Å²) >= 11 is 0. The number of hydrogen-bond acceptors (Lipinski definition) is 5. The molecule has 5 nitrogen and oxygen atoms in total. The van der Waals surface area contributed by atoms with Gasteiger partial charge in [0.05, 0.1) is 14.2 Å². The minimum atomic E-state index is -1.00. The van der Waals surface area contributed by atoms with Crippen molar-refractivity contribution in [1.29, 1.82) is 0 Å². The van der Waals surface area contributed by atoms with Gasteiger partial charge in [0.15, 0.2) is 5.92 Å². The van der Waals surface area contributed by atoms with Crippen LogP contribution in [-0.2, 0) is 23.9 Å². The first-order valence-corrected chi connectivity index (χ1v) is 6.90. The zero-order valence-electron chi connectivity index (χ0n) is 12.3. The Hall–Kier alpha value is -1.65. The van der Waals surface area contributed by atoms with E-state index in [4.69, 9.17) is 0 Å². The van der Waals surface area contributed by atoms with Crippen molar-refractivity contribution in [2.75, 3.05) is 14.2 Å². The first-order valence-electron chi connectivity index (χ1n) is 6.90. The number of allylic oxidation sites excluding steroid dienone is 2. The summed E-state index contributed by atoms with van der Waals surface area (Å²) in [6, 6.07) is 0. The highest BCUT2D eigenvalue weighted by molar-refractivity contribution is 5.97. The molecular weight excluding hydrogens is 260 g/mol. The third-order valence-electron chi connectivity index (χ3n) is 3.79. The van der Waals surface area contributed by atoms with Crippen LogP contribution in [0.3, 0.4) is 0 Å². The van der Waals surface area contributed by atoms with Gasteiger partial charge in [-0.25, -0.2) is 0 Å². The summed E-state index contributed by atoms with van der Waals surface area (Å²) in [4.78, 5) is 35.6. The lowest BCUT2D eigenvalue weighted by molar-refractivity contribution is -0.162. The molecule has 1 rings (SSSR count). The number of hydrogen-bond donors (Lipinski definition) is 0. The summed E-state index contributed by atoms with van der Waals surface area (Å²) in [6.07, 6.45) is 6.30. The normalized spacial score (nSPS) is 22.5. The first kappa shape index (κ1) is 16.4. The maximum atomic E-state index is 12.0. The van der Waals surface area contributed by atoms with Crippen molar-refractivity contribution < 1.29 is 23.9 Å². The van der Waals surface area contributed by atoms with Crippen LogP contribution in [0.1, 0.15) is 32.6 Å². The van der Waals surface area contributed by atoms with E-state index >= 15 is 0 Å². The fourth-order valence-corrected chi connectivity index (χ4v) is 2.75. The molecule has 0 amide bonds. The molecule has 1 saturated carbocycles. The Kier molecular flexibility index (Phi) is 6.42. The highest BCUT2D eigenvalue weighted by atomic mass is 16.5. The average Bonchev–Trinajstić information content (AvgIpc) is 2.80. The molecule has 2 unspecified atom stereocenters. The van der Waals surface area contributed by atoms with Crippen LogP contribution in [0.5, 0.6) is 0 Å². The summed E-state index contributed by atoms with van der Waals surface area (Å²) in [5, 5.41) is 0. The summed E-state index contributed by atoms with van der Waals surface area (Å²) in [5.74, 6) is -2.78. The highest BCUT2D eigenvalue weighted by Gasteiger charge is 2.46. The van der Waals surface area contributed by atoms with Gasteiger partial charge in [0.25, 0.3) is 0 Å². The van der Waals surface area contributed by atoms with E-state index < -0.39 is 17.9 Å². The fraction of sp³-hybridized carbons (Fsp3) is 0.667. The van der Waals surface area contributed by atoms with Crippen LogP contribution in [0.25, 0.3) is 0 Å². The average molecular weight is 282 g/mol. The number of carbonyl (C=O) groups excluding carboxylic acids is 3. The molecule has 0 aromatic heterocycles. The van der Waals surface area contributed by atoms with Gasteiger partial charge in [-0.2, -0.15) is 0 Å². The van der Waals surface area contributed by atoms with Gasteiger partial charge in [0.1, 0.15) is 5.78 Å². The third kappa shape index (κ3) is 3.68. The Morgan fingerprint density at radius 3 is 2.35 bits per heavy atom. The molecule has 20 heavy (non-hydrogen) atoms. The van der Waals surface area contributed by atoms with Crippen molar-refractivity contribution in [1.82, 2.24) is 0 Å². The summed E-state index contributed by atoms with van der Waals surface area (Å²) in [6.45, 7) is 2.01. The monoisotopic (exact) mass is 282 g/mol. The number of Topliss-reactive ketones (excluding diaryl/α,β-unsaturated/α-hetero) is 1. The SMILES string of the molecule is CCC=CCC1C(=O)CCC1C(C(=O)OC)C(=O)OC. The Labute approximate surface area is 119 Å². The quantitative estimate of drug-likeness (QED) is 0.423. The molecule has 0 N–H and O–H groups in total. The van der Waals surface area contributed by atoms with Crippen LogP contribution >= 0.6 is 0 Å². The van der Waals surface area contributed by atoms with Crippen LogP contribution in [0.4, 0.5) is 0 Å². The molecule has 1 fully saturated rings. The van der Waals surface area contributed by atoms with Crippen LogP contribution in [0.15, 0.2) is 12.2 Å². The molecule has 0 aromatic carbocycles. The van der Waals surface area contributed by atoms with E-state index in [1.54, 1.807) is 0 Å². The second-order valence-electron chi connectivity index (χ2n) is 4.91. The summed E-state index contributed by atoms with van der Waals surface area (Å²) in [5.41, 5.74) is 0. The van der Waals surface area contributed by atoms with E-state index in [2.05, 4.69) is 9.47 Å². The van der Waals surface area contributed by atoms with Gasteiger partial charge in [-0.3, -0.25) is 14.4 Å². The molecule has 112 valence electrons. The molecule has 2 atom stereocenters. The second kappa shape index (κ2) is 7.82. The van der Waals surface area contributed by atoms with Crippen molar-refractivity contribution in [2.24, 2.45) is 17.8 Å². The van der Waals surface area contributed by atoms with Gasteiger partial charge in [-0.15, -0.1) is 0 Å². The van der Waals surface area contributed by atoms with Crippen LogP contribution in [0, 0.1) is 17.8 Å². The van der Waals surface area contributed by atoms with Gasteiger partial charge in [-0.1, -0.05) is 19.1 Å². The topological polar surface area (TPSA) is 69.7 Å². The van der Waals surface area contributed by atoms with Crippen LogP contribution in [-0.4, -0.2) is 31.9 Å². The smallest absolute Gasteiger partial charge is 0.320 e. The second-order valence-corrected chi connectivity index (χ2v) is 4.91. The maximum Gasteiger partial charge on any atom is 0.320 e. The molecule has 0 saturated heterocycles. The Morgan fingerprint density at radius 1 is 1.25 bits per heavy atom. The molecule has 0 heterocycles. The van der Waals surface area contributed by atoms with Crippen LogP contribution in [0.2, 0.25) is 0 Å². The van der Waals surface area contributed by atoms with Gasteiger partial charge >= 0.3 is 11.9 Å². The van der Waals surface area contributed by atoms with Crippen LogP contribution < -0.4 is 0 Å². The highest BCUT2D eigenvalue weighted by Crippen LogP contribution is 2.38. The third-order valence-corrected chi connectivity index (χ3v) is 3.79. The van der Waals surface area contributed by atoms with E-state index in [-0.39, 0.29) is 17.6 Å². The van der Waals surface area contributed by atoms with Gasteiger partial charge in [0, 0.05) is 12.3 Å². The molecular formula is C15H22O5. The van der Waals surface area contributed by atoms with E-state index in [0.29, 0.717) is 19.3 Å². The minimum Gasteiger partial charge on any atom is -0.468 e. The molecule has 0 aliphatic heterocycles. The summed E-state index contributed by atoms with van der Waals surface area (Å²) < 4.78 is 9.38. The molecule has 0 bridgehead atoms. The zero-order valence-corrected chi connectivity index (χ0v) is 12.3. The van der Waals surface area contributed by atoms with Gasteiger partial charge < -0.3 is 9.47 Å². The predicted octanol–water partition coefficient (Wildman–Crippen LogP) is 1.90. The zero-order chi connectivity index (χ0) is 15.1. The van der Waals surface area contributed by atoms with Crippen molar-refractivity contribution in [3.8, 4) is 0 Å². The molecule has 0 radical (unpaired) electrons. The summed E-state index contributed by atoms with van der Waals surface area (Å²) in [7, 11) is 2.47. The van der Waals surface area contributed by atoms with E-state index in [0.717, 1.165) is 6.42 Å². The lowest BCUT2D eigenvalue weighted by atomic mass is 9.81. The van der Waals surface area contributed by atoms with Crippen molar-refractivity contribution in [3.05, 3.63) is 12.2 Å². The van der Waals surface area contributed by atoms with Gasteiger partial charge in [-0.05, 0) is 25.2 Å². The molecule has 5 heteroatoms. The number of methoxy groups -OCH3 is 2. The number of carbonyl (C=O) groups is 3. The van der Waals surface area contributed by atoms with Crippen molar-refractivity contribution in [3.63, 3.8) is 0 Å². The fourth-order valence-electron chi connectivity index (χ4n) is 2.75. The lowest BCUT2D eigenvalue weighted by Crippen LogP contribution is -2.36. The number of esters is 2. The Morgan fingerprint density at radius 2 is 1.85 bits per heavy atom. The number of ketones is 1. The van der Waals surface area contributed by atoms with Gasteiger partial charge in [0.2, 0.25) is 0 Å². The minimum absolute atomic E-state index is 0.105. The number of rotatable bonds is 6. The Bertz CT molecular complexity index is 383. The largest absolute Gasteiger partial charge is 0.468 e. The molecule has 0 spiro atoms.